The van der Waals surface area contributed by atoms with Gasteiger partial charge in [0, 0.05) is 38.5 Å². The van der Waals surface area contributed by atoms with Crippen LogP contribution in [-0.4, -0.2) is 51.2 Å². The molecule has 0 radical (unpaired) electrons. The molecule has 0 unspecified atom stereocenters. The van der Waals surface area contributed by atoms with Crippen LogP contribution in [0.2, 0.25) is 0 Å². The normalized spacial score (nSPS) is 11.2. The number of nitrogen functional groups attached to an aromatic ring is 1. The first kappa shape index (κ1) is 16.2. The molecule has 0 aliphatic rings. The fourth-order valence-electron chi connectivity index (χ4n) is 1.57. The molecule has 0 atom stereocenters. The number of likely N-dealkylation sites (N-methyl/N-ethyl adjacent to an activating group) is 1. The van der Waals surface area contributed by atoms with Crippen LogP contribution < -0.4 is 11.1 Å². The summed E-state index contributed by atoms with van der Waals surface area (Å²) >= 11 is 0. The molecule has 1 aromatic carbocycles. The number of nitrogens with two attached hydrogens (primary N) is 1. The lowest BCUT2D eigenvalue weighted by Crippen LogP contribution is -2.33. The fourth-order valence-corrected chi connectivity index (χ4v) is 1.57. The molecular formula is C15H23N3O2. The van der Waals surface area contributed by atoms with Gasteiger partial charge in [-0.25, -0.2) is 0 Å². The van der Waals surface area contributed by atoms with Gasteiger partial charge in [0.1, 0.15) is 0 Å². The number of methoxy groups -OCH3 is 1. The lowest BCUT2D eigenvalue weighted by atomic mass is 10.2. The van der Waals surface area contributed by atoms with Gasteiger partial charge in [-0.3, -0.25) is 4.79 Å². The van der Waals surface area contributed by atoms with Crippen LogP contribution in [0.25, 0.3) is 6.08 Å². The SMILES string of the molecule is COCCN(C)CCNC(=O)/C=C/c1ccc(N)cc1. The number of anilines is 1. The number of carbonyl (C=O) groups excluding carboxylic acids is 1. The first-order valence-electron chi connectivity index (χ1n) is 6.60. The molecule has 1 aromatic rings. The molecule has 0 heterocycles. The molecule has 0 aromatic heterocycles. The first-order chi connectivity index (χ1) is 9.61. The van der Waals surface area contributed by atoms with Crippen LogP contribution in [0.5, 0.6) is 0 Å². The van der Waals surface area contributed by atoms with Gasteiger partial charge in [0.15, 0.2) is 0 Å². The van der Waals surface area contributed by atoms with E-state index in [0.717, 1.165) is 18.7 Å². The van der Waals surface area contributed by atoms with Crippen molar-refractivity contribution in [2.45, 2.75) is 0 Å². The predicted molar refractivity (Wildman–Crippen MR) is 82.3 cm³/mol. The van der Waals surface area contributed by atoms with Crippen molar-refractivity contribution in [3.63, 3.8) is 0 Å². The summed E-state index contributed by atoms with van der Waals surface area (Å²) in [6.07, 6.45) is 3.30. The molecule has 0 aliphatic heterocycles. The summed E-state index contributed by atoms with van der Waals surface area (Å²) in [6, 6.07) is 7.36. The summed E-state index contributed by atoms with van der Waals surface area (Å²) in [5.41, 5.74) is 7.26. The molecule has 20 heavy (non-hydrogen) atoms. The van der Waals surface area contributed by atoms with Gasteiger partial charge in [0.05, 0.1) is 6.61 Å². The van der Waals surface area contributed by atoms with Crippen molar-refractivity contribution in [3.8, 4) is 0 Å². The molecule has 0 saturated carbocycles. The molecule has 0 spiro atoms. The Morgan fingerprint density at radius 3 is 2.70 bits per heavy atom. The van der Waals surface area contributed by atoms with E-state index in [1.54, 1.807) is 13.2 Å². The number of nitrogens with zero attached hydrogens (tertiary/aromatic N) is 1. The lowest BCUT2D eigenvalue weighted by Gasteiger charge is -2.15. The van der Waals surface area contributed by atoms with Crippen LogP contribution in [-0.2, 0) is 9.53 Å². The van der Waals surface area contributed by atoms with Crippen molar-refractivity contribution in [3.05, 3.63) is 35.9 Å². The Kier molecular flexibility index (Phi) is 7.39. The highest BCUT2D eigenvalue weighted by Gasteiger charge is 1.99. The smallest absolute Gasteiger partial charge is 0.244 e. The molecule has 1 rings (SSSR count). The van der Waals surface area contributed by atoms with Crippen molar-refractivity contribution >= 4 is 17.7 Å². The van der Waals surface area contributed by atoms with E-state index in [4.69, 9.17) is 10.5 Å². The van der Waals surface area contributed by atoms with E-state index in [2.05, 4.69) is 10.2 Å². The molecule has 0 aliphatic carbocycles. The largest absolute Gasteiger partial charge is 0.399 e. The molecule has 0 fully saturated rings. The monoisotopic (exact) mass is 277 g/mol. The van der Waals surface area contributed by atoms with E-state index < -0.39 is 0 Å². The van der Waals surface area contributed by atoms with Gasteiger partial charge in [0.2, 0.25) is 5.91 Å². The molecule has 0 bridgehead atoms. The number of carbonyl (C=O) groups is 1. The highest BCUT2D eigenvalue weighted by molar-refractivity contribution is 5.91. The van der Waals surface area contributed by atoms with Crippen LogP contribution in [0.3, 0.4) is 0 Å². The van der Waals surface area contributed by atoms with E-state index in [9.17, 15) is 4.79 Å². The van der Waals surface area contributed by atoms with Crippen LogP contribution in [0.1, 0.15) is 5.56 Å². The second-order valence-electron chi connectivity index (χ2n) is 4.59. The number of nitrogens with one attached hydrogen (secondary N) is 1. The summed E-state index contributed by atoms with van der Waals surface area (Å²) in [7, 11) is 3.67. The number of hydrogen-bond donors (Lipinski definition) is 2. The Morgan fingerprint density at radius 1 is 1.35 bits per heavy atom. The van der Waals surface area contributed by atoms with Crippen molar-refractivity contribution in [2.75, 3.05) is 46.1 Å². The van der Waals surface area contributed by atoms with Crippen LogP contribution >= 0.6 is 0 Å². The predicted octanol–water partition coefficient (Wildman–Crippen LogP) is 0.976. The summed E-state index contributed by atoms with van der Waals surface area (Å²) in [6.45, 7) is 2.96. The second-order valence-corrected chi connectivity index (χ2v) is 4.59. The number of hydrogen-bond acceptors (Lipinski definition) is 4. The topological polar surface area (TPSA) is 67.6 Å². The Morgan fingerprint density at radius 2 is 2.05 bits per heavy atom. The molecular weight excluding hydrogens is 254 g/mol. The van der Waals surface area contributed by atoms with Gasteiger partial charge in [-0.1, -0.05) is 12.1 Å². The maximum absolute atomic E-state index is 11.6. The van der Waals surface area contributed by atoms with Crippen LogP contribution in [0.15, 0.2) is 30.3 Å². The number of benzene rings is 1. The second kappa shape index (κ2) is 9.12. The third-order valence-corrected chi connectivity index (χ3v) is 2.83. The first-order valence-corrected chi connectivity index (χ1v) is 6.60. The quantitative estimate of drug-likeness (QED) is 0.549. The fraction of sp³-hybridized carbons (Fsp3) is 0.400. The third kappa shape index (κ3) is 6.92. The van der Waals surface area contributed by atoms with Gasteiger partial charge in [-0.15, -0.1) is 0 Å². The summed E-state index contributed by atoms with van der Waals surface area (Å²) in [5.74, 6) is -0.0954. The van der Waals surface area contributed by atoms with Gasteiger partial charge >= 0.3 is 0 Å². The van der Waals surface area contributed by atoms with Gasteiger partial charge < -0.3 is 20.7 Å². The Labute approximate surface area is 120 Å². The number of ether oxygens (including phenoxy) is 1. The number of rotatable bonds is 8. The Balaban J connectivity index is 2.24. The third-order valence-electron chi connectivity index (χ3n) is 2.83. The van der Waals surface area contributed by atoms with E-state index in [1.807, 2.05) is 31.3 Å². The molecule has 110 valence electrons. The van der Waals surface area contributed by atoms with E-state index >= 15 is 0 Å². The average Bonchev–Trinajstić information content (AvgIpc) is 2.44. The van der Waals surface area contributed by atoms with Crippen LogP contribution in [0, 0.1) is 0 Å². The van der Waals surface area contributed by atoms with Gasteiger partial charge in [-0.05, 0) is 30.8 Å². The van der Waals surface area contributed by atoms with Crippen molar-refractivity contribution < 1.29 is 9.53 Å². The average molecular weight is 277 g/mol. The highest BCUT2D eigenvalue weighted by Crippen LogP contribution is 2.06. The summed E-state index contributed by atoms with van der Waals surface area (Å²) in [5, 5.41) is 2.84. The van der Waals surface area contributed by atoms with E-state index in [-0.39, 0.29) is 5.91 Å². The van der Waals surface area contributed by atoms with Gasteiger partial charge in [0.25, 0.3) is 0 Å². The maximum Gasteiger partial charge on any atom is 0.244 e. The minimum Gasteiger partial charge on any atom is -0.399 e. The summed E-state index contributed by atoms with van der Waals surface area (Å²) < 4.78 is 4.99. The Bertz CT molecular complexity index is 429. The highest BCUT2D eigenvalue weighted by atomic mass is 16.5. The molecule has 0 saturated heterocycles. The van der Waals surface area contributed by atoms with Crippen LogP contribution in [0.4, 0.5) is 5.69 Å². The summed E-state index contributed by atoms with van der Waals surface area (Å²) in [4.78, 5) is 13.7. The Hall–Kier alpha value is -1.85. The zero-order valence-corrected chi connectivity index (χ0v) is 12.1. The lowest BCUT2D eigenvalue weighted by molar-refractivity contribution is -0.116. The minimum atomic E-state index is -0.0954. The standard InChI is InChI=1S/C15H23N3O2/c1-18(11-12-20-2)10-9-17-15(19)8-5-13-3-6-14(16)7-4-13/h3-8H,9-12,16H2,1-2H3,(H,17,19)/b8-5+. The molecule has 1 amide bonds. The van der Waals surface area contributed by atoms with Crippen molar-refractivity contribution in [1.29, 1.82) is 0 Å². The number of amides is 1. The molecule has 3 N–H and O–H groups in total. The van der Waals surface area contributed by atoms with E-state index in [0.29, 0.717) is 18.8 Å². The zero-order chi connectivity index (χ0) is 14.8. The van der Waals surface area contributed by atoms with Crippen molar-refractivity contribution in [2.24, 2.45) is 0 Å². The van der Waals surface area contributed by atoms with E-state index in [1.165, 1.54) is 6.08 Å². The minimum absolute atomic E-state index is 0.0954. The van der Waals surface area contributed by atoms with Crippen molar-refractivity contribution in [1.82, 2.24) is 10.2 Å². The molecule has 5 heteroatoms. The van der Waals surface area contributed by atoms with Gasteiger partial charge in [-0.2, -0.15) is 0 Å². The zero-order valence-electron chi connectivity index (χ0n) is 12.1. The molecule has 5 nitrogen and oxygen atoms in total. The maximum atomic E-state index is 11.6.